The highest BCUT2D eigenvalue weighted by atomic mass is 19.1. The lowest BCUT2D eigenvalue weighted by molar-refractivity contribution is -0.384. The van der Waals surface area contributed by atoms with Gasteiger partial charge in [0.05, 0.1) is 34.8 Å². The highest BCUT2D eigenvalue weighted by Gasteiger charge is 2.48. The summed E-state index contributed by atoms with van der Waals surface area (Å²) in [6, 6.07) is 14.7. The maximum atomic E-state index is 14.0. The van der Waals surface area contributed by atoms with Crippen molar-refractivity contribution in [3.8, 4) is 39.6 Å². The summed E-state index contributed by atoms with van der Waals surface area (Å²) in [6.07, 6.45) is 6.64. The first-order chi connectivity index (χ1) is 24.4. The van der Waals surface area contributed by atoms with Gasteiger partial charge in [-0.05, 0) is 87.7 Å². The molecule has 1 aliphatic rings. The number of nitro groups is 1. The highest BCUT2D eigenvalue weighted by Crippen LogP contribution is 2.46. The van der Waals surface area contributed by atoms with Gasteiger partial charge in [0.1, 0.15) is 34.0 Å². The standard InChI is InChI=1S/C37H31FN6O7/c1-36(2,3)51-35(46)43-17-16-39-32(43)30-25-19-24(27(44(47)48)20-29(25)50-31(30)21-6-9-23(38)10-7-21)22-8-11-28(49-4)26(18-22)33(45)42-37(12-13-37)34-40-14-5-15-41-34/h5-11,14-20H,12-13H2,1-4H3,(H,42,45). The lowest BCUT2D eigenvalue weighted by Crippen LogP contribution is -2.36. The Bertz CT molecular complexity index is 2320. The Labute approximate surface area is 290 Å². The number of hydrogen-bond acceptors (Lipinski definition) is 10. The van der Waals surface area contributed by atoms with Crippen molar-refractivity contribution >= 4 is 28.7 Å². The number of nitrogens with one attached hydrogen (secondary N) is 1. The molecule has 1 aliphatic carbocycles. The number of fused-ring (bicyclic) bond motifs is 1. The molecule has 0 saturated heterocycles. The van der Waals surface area contributed by atoms with Crippen molar-refractivity contribution in [3.63, 3.8) is 0 Å². The van der Waals surface area contributed by atoms with Gasteiger partial charge < -0.3 is 19.2 Å². The lowest BCUT2D eigenvalue weighted by Gasteiger charge is -2.20. The molecule has 0 bridgehead atoms. The summed E-state index contributed by atoms with van der Waals surface area (Å²) in [5.41, 5.74) is -0.370. The van der Waals surface area contributed by atoms with Gasteiger partial charge in [0.15, 0.2) is 11.6 Å². The average molecular weight is 691 g/mol. The Morgan fingerprint density at radius 2 is 1.71 bits per heavy atom. The normalized spacial score (nSPS) is 13.5. The van der Waals surface area contributed by atoms with E-state index in [0.717, 1.165) is 0 Å². The van der Waals surface area contributed by atoms with E-state index in [1.165, 1.54) is 60.5 Å². The number of carbonyl (C=O) groups excluding carboxylic acids is 2. The highest BCUT2D eigenvalue weighted by molar-refractivity contribution is 6.05. The predicted octanol–water partition coefficient (Wildman–Crippen LogP) is 7.68. The molecule has 6 aromatic rings. The molecule has 1 fully saturated rings. The molecule has 1 N–H and O–H groups in total. The summed E-state index contributed by atoms with van der Waals surface area (Å²) in [5.74, 6) is 0.127. The summed E-state index contributed by atoms with van der Waals surface area (Å²) >= 11 is 0. The molecule has 1 amide bonds. The molecule has 14 heteroatoms. The first-order valence-corrected chi connectivity index (χ1v) is 15.9. The zero-order valence-electron chi connectivity index (χ0n) is 28.0. The Kier molecular flexibility index (Phi) is 8.08. The van der Waals surface area contributed by atoms with Gasteiger partial charge >= 0.3 is 6.09 Å². The molecule has 0 aliphatic heterocycles. The van der Waals surface area contributed by atoms with Gasteiger partial charge in [-0.25, -0.2) is 28.7 Å². The summed E-state index contributed by atoms with van der Waals surface area (Å²) in [4.78, 5) is 52.2. The minimum atomic E-state index is -0.823. The van der Waals surface area contributed by atoms with E-state index in [4.69, 9.17) is 13.9 Å². The molecule has 3 heterocycles. The molecule has 3 aromatic heterocycles. The summed E-state index contributed by atoms with van der Waals surface area (Å²) in [6.45, 7) is 5.19. The fourth-order valence-electron chi connectivity index (χ4n) is 5.90. The van der Waals surface area contributed by atoms with Crippen LogP contribution >= 0.6 is 0 Å². The number of ether oxygens (including phenoxy) is 2. The maximum absolute atomic E-state index is 14.0. The number of methoxy groups -OCH3 is 1. The van der Waals surface area contributed by atoms with Gasteiger partial charge in [-0.2, -0.15) is 0 Å². The number of nitrogens with zero attached hydrogens (tertiary/aromatic N) is 5. The maximum Gasteiger partial charge on any atom is 0.420 e. The van der Waals surface area contributed by atoms with Gasteiger partial charge in [-0.15, -0.1) is 0 Å². The Morgan fingerprint density at radius 1 is 1.00 bits per heavy atom. The third-order valence-electron chi connectivity index (χ3n) is 8.42. The Morgan fingerprint density at radius 3 is 2.35 bits per heavy atom. The van der Waals surface area contributed by atoms with Crippen LogP contribution in [-0.2, 0) is 10.3 Å². The van der Waals surface area contributed by atoms with Gasteiger partial charge in [0, 0.05) is 35.7 Å². The van der Waals surface area contributed by atoms with E-state index in [1.807, 2.05) is 0 Å². The van der Waals surface area contributed by atoms with E-state index in [9.17, 15) is 24.1 Å². The lowest BCUT2D eigenvalue weighted by atomic mass is 9.96. The molecule has 1 saturated carbocycles. The van der Waals surface area contributed by atoms with Crippen LogP contribution < -0.4 is 10.1 Å². The van der Waals surface area contributed by atoms with Gasteiger partial charge in [-0.1, -0.05) is 6.07 Å². The molecule has 258 valence electrons. The van der Waals surface area contributed by atoms with Crippen molar-refractivity contribution in [1.82, 2.24) is 24.8 Å². The number of rotatable bonds is 8. The second-order valence-electron chi connectivity index (χ2n) is 13.1. The third-order valence-corrected chi connectivity index (χ3v) is 8.42. The van der Waals surface area contributed by atoms with Crippen LogP contribution in [-0.4, -0.2) is 49.2 Å². The molecule has 3 aromatic carbocycles. The predicted molar refractivity (Wildman–Crippen MR) is 184 cm³/mol. The van der Waals surface area contributed by atoms with Crippen LogP contribution in [0, 0.1) is 15.9 Å². The van der Waals surface area contributed by atoms with Crippen molar-refractivity contribution in [1.29, 1.82) is 0 Å². The SMILES string of the molecule is COc1ccc(-c2cc3c(-c4nccn4C(=O)OC(C)(C)C)c(-c4ccc(F)cc4)oc3cc2[N+](=O)[O-])cc1C(=O)NC1(c2ncccn2)CC1. The van der Waals surface area contributed by atoms with Crippen LogP contribution in [0.3, 0.4) is 0 Å². The molecule has 0 spiro atoms. The van der Waals surface area contributed by atoms with Crippen LogP contribution in [0.15, 0.2) is 89.9 Å². The van der Waals surface area contributed by atoms with Gasteiger partial charge in [0.25, 0.3) is 11.6 Å². The van der Waals surface area contributed by atoms with Gasteiger partial charge in [0.2, 0.25) is 0 Å². The summed E-state index contributed by atoms with van der Waals surface area (Å²) in [5, 5.41) is 16.0. The number of aromatic nitrogens is 4. The molecular formula is C37H31FN6O7. The zero-order valence-corrected chi connectivity index (χ0v) is 28.0. The molecule has 0 unspecified atom stereocenters. The van der Waals surface area contributed by atoms with Crippen molar-refractivity contribution in [2.24, 2.45) is 0 Å². The van der Waals surface area contributed by atoms with Crippen LogP contribution in [0.5, 0.6) is 5.75 Å². The van der Waals surface area contributed by atoms with Crippen LogP contribution in [0.1, 0.15) is 49.8 Å². The van der Waals surface area contributed by atoms with E-state index in [1.54, 1.807) is 57.4 Å². The number of benzene rings is 3. The monoisotopic (exact) mass is 690 g/mol. The van der Waals surface area contributed by atoms with Crippen LogP contribution in [0.2, 0.25) is 0 Å². The van der Waals surface area contributed by atoms with E-state index >= 15 is 0 Å². The third kappa shape index (κ3) is 6.27. The summed E-state index contributed by atoms with van der Waals surface area (Å²) < 4.78 is 32.6. The molecular weight excluding hydrogens is 659 g/mol. The number of hydrogen-bond donors (Lipinski definition) is 1. The van der Waals surface area contributed by atoms with E-state index in [2.05, 4.69) is 20.3 Å². The fourth-order valence-corrected chi connectivity index (χ4v) is 5.90. The number of furan rings is 1. The Balaban J connectivity index is 1.40. The van der Waals surface area contributed by atoms with Crippen molar-refractivity contribution in [2.75, 3.05) is 7.11 Å². The van der Waals surface area contributed by atoms with Crippen LogP contribution in [0.4, 0.5) is 14.9 Å². The summed E-state index contributed by atoms with van der Waals surface area (Å²) in [7, 11) is 1.43. The first-order valence-electron chi connectivity index (χ1n) is 15.9. The Hall–Kier alpha value is -6.44. The van der Waals surface area contributed by atoms with E-state index in [0.29, 0.717) is 40.7 Å². The van der Waals surface area contributed by atoms with E-state index in [-0.39, 0.29) is 39.7 Å². The molecule has 51 heavy (non-hydrogen) atoms. The van der Waals surface area contributed by atoms with Gasteiger partial charge in [-0.3, -0.25) is 14.9 Å². The topological polar surface area (TPSA) is 165 Å². The van der Waals surface area contributed by atoms with Crippen molar-refractivity contribution in [2.45, 2.75) is 44.8 Å². The molecule has 13 nitrogen and oxygen atoms in total. The minimum absolute atomic E-state index is 0.114. The largest absolute Gasteiger partial charge is 0.496 e. The minimum Gasteiger partial charge on any atom is -0.496 e. The number of halogens is 1. The van der Waals surface area contributed by atoms with Crippen molar-refractivity contribution < 1.29 is 32.8 Å². The second kappa shape index (κ2) is 12.5. The van der Waals surface area contributed by atoms with Crippen molar-refractivity contribution in [3.05, 3.63) is 113 Å². The molecule has 0 radical (unpaired) electrons. The zero-order chi connectivity index (χ0) is 36.1. The quantitative estimate of drug-likeness (QED) is 0.124. The number of nitro benzene ring substituents is 1. The van der Waals surface area contributed by atoms with Crippen LogP contribution in [0.25, 0.3) is 44.8 Å². The fraction of sp³-hybridized carbons (Fsp3) is 0.216. The van der Waals surface area contributed by atoms with E-state index < -0.39 is 33.9 Å². The smallest absolute Gasteiger partial charge is 0.420 e. The second-order valence-corrected chi connectivity index (χ2v) is 13.1. The number of amides is 1. The molecule has 0 atom stereocenters. The average Bonchev–Trinajstić information content (AvgIpc) is 3.55. The number of imidazole rings is 1. The first kappa shape index (κ1) is 33.1. The molecule has 7 rings (SSSR count). The number of carbonyl (C=O) groups is 2.